The first kappa shape index (κ1) is 18.1. The molecule has 1 amide bonds. The maximum atomic E-state index is 12.3. The molecule has 0 aliphatic carbocycles. The van der Waals surface area contributed by atoms with Gasteiger partial charge in [0.15, 0.2) is 0 Å². The number of aromatic nitrogens is 1. The average Bonchev–Trinajstić information content (AvgIpc) is 2.93. The second-order valence-corrected chi connectivity index (χ2v) is 7.03. The molecule has 0 bridgehead atoms. The van der Waals surface area contributed by atoms with Crippen molar-refractivity contribution in [2.24, 2.45) is 0 Å². The number of ether oxygens (including phenoxy) is 1. The van der Waals surface area contributed by atoms with Gasteiger partial charge in [0.1, 0.15) is 5.82 Å². The molecule has 1 unspecified atom stereocenters. The van der Waals surface area contributed by atoms with Crippen molar-refractivity contribution < 1.29 is 9.53 Å². The molecule has 1 aromatic heterocycles. The molecule has 2 aliphatic rings. The summed E-state index contributed by atoms with van der Waals surface area (Å²) >= 11 is 0. The molecule has 1 aromatic rings. The zero-order valence-electron chi connectivity index (χ0n) is 15.2. The number of likely N-dealkylation sites (tertiary alicyclic amines) is 1. The Bertz CT molecular complexity index is 541. The van der Waals surface area contributed by atoms with Crippen molar-refractivity contribution in [2.45, 2.75) is 38.1 Å². The largest absolute Gasteiger partial charge is 0.380 e. The van der Waals surface area contributed by atoms with Gasteiger partial charge >= 0.3 is 0 Å². The van der Waals surface area contributed by atoms with E-state index in [9.17, 15) is 4.79 Å². The minimum absolute atomic E-state index is 0.0308. The SMILES string of the molecule is CN1CCCCC1CCNC(=O)c1ccc(N2CCCOCC2)nc1. The summed E-state index contributed by atoms with van der Waals surface area (Å²) < 4.78 is 5.47. The summed E-state index contributed by atoms with van der Waals surface area (Å²) in [5.41, 5.74) is 0.631. The fourth-order valence-corrected chi connectivity index (χ4v) is 3.65. The van der Waals surface area contributed by atoms with E-state index in [1.54, 1.807) is 6.20 Å². The number of carbonyl (C=O) groups is 1. The Morgan fingerprint density at radius 3 is 2.96 bits per heavy atom. The Balaban J connectivity index is 1.47. The number of nitrogens with zero attached hydrogens (tertiary/aromatic N) is 3. The summed E-state index contributed by atoms with van der Waals surface area (Å²) in [7, 11) is 2.18. The van der Waals surface area contributed by atoms with E-state index in [0.717, 1.165) is 51.5 Å². The highest BCUT2D eigenvalue weighted by atomic mass is 16.5. The molecular formula is C19H30N4O2. The number of piperidine rings is 1. The van der Waals surface area contributed by atoms with E-state index >= 15 is 0 Å². The lowest BCUT2D eigenvalue weighted by atomic mass is 10.0. The predicted octanol–water partition coefficient (Wildman–Crippen LogP) is 1.91. The summed E-state index contributed by atoms with van der Waals surface area (Å²) in [6, 6.07) is 4.41. The molecule has 6 heteroatoms. The molecule has 138 valence electrons. The van der Waals surface area contributed by atoms with Crippen LogP contribution in [0.15, 0.2) is 18.3 Å². The minimum Gasteiger partial charge on any atom is -0.380 e. The van der Waals surface area contributed by atoms with Crippen molar-refractivity contribution in [3.8, 4) is 0 Å². The summed E-state index contributed by atoms with van der Waals surface area (Å²) in [4.78, 5) is 21.4. The first-order valence-corrected chi connectivity index (χ1v) is 9.51. The number of rotatable bonds is 5. The molecule has 0 spiro atoms. The molecule has 25 heavy (non-hydrogen) atoms. The van der Waals surface area contributed by atoms with Crippen molar-refractivity contribution in [3.05, 3.63) is 23.9 Å². The van der Waals surface area contributed by atoms with E-state index in [-0.39, 0.29) is 5.91 Å². The van der Waals surface area contributed by atoms with Gasteiger partial charge in [-0.1, -0.05) is 6.42 Å². The van der Waals surface area contributed by atoms with Crippen LogP contribution >= 0.6 is 0 Å². The van der Waals surface area contributed by atoms with Crippen molar-refractivity contribution in [1.82, 2.24) is 15.2 Å². The van der Waals surface area contributed by atoms with Crippen LogP contribution in [-0.2, 0) is 4.74 Å². The highest BCUT2D eigenvalue weighted by Gasteiger charge is 2.18. The van der Waals surface area contributed by atoms with E-state index in [1.165, 1.54) is 25.8 Å². The smallest absolute Gasteiger partial charge is 0.252 e. The molecular weight excluding hydrogens is 316 g/mol. The number of amides is 1. The first-order chi connectivity index (χ1) is 12.2. The van der Waals surface area contributed by atoms with Crippen molar-refractivity contribution in [1.29, 1.82) is 0 Å². The maximum Gasteiger partial charge on any atom is 0.252 e. The van der Waals surface area contributed by atoms with Gasteiger partial charge in [0.2, 0.25) is 0 Å². The van der Waals surface area contributed by atoms with Crippen LogP contribution in [0.25, 0.3) is 0 Å². The summed E-state index contributed by atoms with van der Waals surface area (Å²) in [6.07, 6.45) is 7.54. The number of nitrogens with one attached hydrogen (secondary N) is 1. The van der Waals surface area contributed by atoms with E-state index in [4.69, 9.17) is 4.74 Å². The number of hydrogen-bond acceptors (Lipinski definition) is 5. The summed E-state index contributed by atoms with van der Waals surface area (Å²) in [5, 5.41) is 3.04. The quantitative estimate of drug-likeness (QED) is 0.883. The molecule has 0 radical (unpaired) electrons. The molecule has 1 N–H and O–H groups in total. The number of anilines is 1. The summed E-state index contributed by atoms with van der Waals surface area (Å²) in [6.45, 7) is 5.25. The van der Waals surface area contributed by atoms with Crippen LogP contribution in [0.2, 0.25) is 0 Å². The van der Waals surface area contributed by atoms with Gasteiger partial charge in [0.05, 0.1) is 12.2 Å². The van der Waals surface area contributed by atoms with Crippen LogP contribution in [0.4, 0.5) is 5.82 Å². The first-order valence-electron chi connectivity index (χ1n) is 9.51. The van der Waals surface area contributed by atoms with Gasteiger partial charge in [-0.15, -0.1) is 0 Å². The normalized spacial score (nSPS) is 22.4. The monoisotopic (exact) mass is 346 g/mol. The molecule has 2 aliphatic heterocycles. The fraction of sp³-hybridized carbons (Fsp3) is 0.684. The van der Waals surface area contributed by atoms with Crippen molar-refractivity contribution in [2.75, 3.05) is 51.3 Å². The lowest BCUT2D eigenvalue weighted by Gasteiger charge is -2.32. The van der Waals surface area contributed by atoms with E-state index in [1.807, 2.05) is 12.1 Å². The zero-order valence-corrected chi connectivity index (χ0v) is 15.2. The highest BCUT2D eigenvalue weighted by Crippen LogP contribution is 2.17. The molecule has 3 rings (SSSR count). The van der Waals surface area contributed by atoms with Crippen molar-refractivity contribution >= 4 is 11.7 Å². The summed E-state index contributed by atoms with van der Waals surface area (Å²) in [5.74, 6) is 0.891. The molecule has 3 heterocycles. The van der Waals surface area contributed by atoms with Gasteiger partial charge in [-0.2, -0.15) is 0 Å². The number of carbonyl (C=O) groups excluding carboxylic acids is 1. The highest BCUT2D eigenvalue weighted by molar-refractivity contribution is 5.94. The van der Waals surface area contributed by atoms with E-state index < -0.39 is 0 Å². The fourth-order valence-electron chi connectivity index (χ4n) is 3.65. The minimum atomic E-state index is -0.0308. The third-order valence-electron chi connectivity index (χ3n) is 5.24. The van der Waals surface area contributed by atoms with Crippen LogP contribution in [0.1, 0.15) is 42.5 Å². The second-order valence-electron chi connectivity index (χ2n) is 7.03. The molecule has 6 nitrogen and oxygen atoms in total. The molecule has 0 aromatic carbocycles. The zero-order chi connectivity index (χ0) is 17.5. The van der Waals surface area contributed by atoms with Gasteiger partial charge in [-0.3, -0.25) is 4.79 Å². The van der Waals surface area contributed by atoms with Crippen LogP contribution in [0, 0.1) is 0 Å². The molecule has 1 atom stereocenters. The molecule has 2 fully saturated rings. The van der Waals surface area contributed by atoms with Crippen LogP contribution in [0.3, 0.4) is 0 Å². The van der Waals surface area contributed by atoms with Gasteiger partial charge in [0.25, 0.3) is 5.91 Å². The predicted molar refractivity (Wildman–Crippen MR) is 99.1 cm³/mol. The van der Waals surface area contributed by atoms with Gasteiger partial charge in [-0.25, -0.2) is 4.98 Å². The average molecular weight is 346 g/mol. The van der Waals surface area contributed by atoms with Gasteiger partial charge in [0, 0.05) is 38.5 Å². The maximum absolute atomic E-state index is 12.3. The Hall–Kier alpha value is -1.66. The van der Waals surface area contributed by atoms with Gasteiger partial charge in [-0.05, 0) is 51.4 Å². The molecule has 2 saturated heterocycles. The number of hydrogen-bond donors (Lipinski definition) is 1. The Kier molecular flexibility index (Phi) is 6.64. The third-order valence-corrected chi connectivity index (χ3v) is 5.24. The second kappa shape index (κ2) is 9.15. The van der Waals surface area contributed by atoms with E-state index in [0.29, 0.717) is 11.6 Å². The van der Waals surface area contributed by atoms with Crippen molar-refractivity contribution in [3.63, 3.8) is 0 Å². The van der Waals surface area contributed by atoms with Crippen LogP contribution < -0.4 is 10.2 Å². The third kappa shape index (κ3) is 5.16. The lowest BCUT2D eigenvalue weighted by Crippen LogP contribution is -2.39. The molecule has 0 saturated carbocycles. The standard InChI is InChI=1S/C19H30N4O2/c1-22-10-3-2-5-17(22)8-9-20-19(24)16-6-7-18(21-15-16)23-11-4-13-25-14-12-23/h6-7,15,17H,2-5,8-14H2,1H3,(H,20,24). The van der Waals surface area contributed by atoms with Crippen LogP contribution in [0.5, 0.6) is 0 Å². The Morgan fingerprint density at radius 1 is 1.24 bits per heavy atom. The Labute approximate surface area is 150 Å². The Morgan fingerprint density at radius 2 is 2.16 bits per heavy atom. The topological polar surface area (TPSA) is 57.7 Å². The van der Waals surface area contributed by atoms with Crippen LogP contribution in [-0.4, -0.2) is 68.3 Å². The lowest BCUT2D eigenvalue weighted by molar-refractivity contribution is 0.0945. The van der Waals surface area contributed by atoms with E-state index in [2.05, 4.69) is 27.1 Å². The number of pyridine rings is 1. The van der Waals surface area contributed by atoms with Gasteiger partial charge < -0.3 is 19.9 Å².